The van der Waals surface area contributed by atoms with E-state index in [1.165, 1.54) is 12.3 Å². The van der Waals surface area contributed by atoms with Crippen molar-refractivity contribution in [3.63, 3.8) is 0 Å². The van der Waals surface area contributed by atoms with Crippen molar-refractivity contribution in [3.05, 3.63) is 23.5 Å². The molecule has 0 radical (unpaired) electrons. The summed E-state index contributed by atoms with van der Waals surface area (Å²) in [6.07, 6.45) is 2.21. The van der Waals surface area contributed by atoms with E-state index < -0.39 is 0 Å². The van der Waals surface area contributed by atoms with Gasteiger partial charge in [-0.15, -0.1) is 0 Å². The fraction of sp³-hybridized carbons (Fsp3) is 0.400. The minimum atomic E-state index is -0.190. The lowest BCUT2D eigenvalue weighted by Gasteiger charge is -2.09. The van der Waals surface area contributed by atoms with Gasteiger partial charge in [0.15, 0.2) is 6.29 Å². The molecule has 0 aliphatic carbocycles. The van der Waals surface area contributed by atoms with Crippen molar-refractivity contribution in [2.75, 3.05) is 27.2 Å². The number of H-pyrrole nitrogens is 1. The van der Waals surface area contributed by atoms with Gasteiger partial charge in [-0.25, -0.2) is 0 Å². The Morgan fingerprint density at radius 2 is 2.33 bits per heavy atom. The van der Waals surface area contributed by atoms with Crippen molar-refractivity contribution in [1.82, 2.24) is 15.2 Å². The second-order valence-electron chi connectivity index (χ2n) is 3.52. The van der Waals surface area contributed by atoms with Gasteiger partial charge in [0.1, 0.15) is 5.69 Å². The molecule has 0 atom stereocenters. The monoisotopic (exact) mass is 209 g/mol. The van der Waals surface area contributed by atoms with Gasteiger partial charge in [0.05, 0.1) is 0 Å². The van der Waals surface area contributed by atoms with Crippen LogP contribution < -0.4 is 5.32 Å². The Bertz CT molecular complexity index is 344. The topological polar surface area (TPSA) is 65.2 Å². The average molecular weight is 209 g/mol. The summed E-state index contributed by atoms with van der Waals surface area (Å²) >= 11 is 0. The molecule has 0 fully saturated rings. The Kier molecular flexibility index (Phi) is 4.05. The number of amides is 1. The van der Waals surface area contributed by atoms with E-state index in [-0.39, 0.29) is 5.91 Å². The molecule has 0 bridgehead atoms. The first-order chi connectivity index (χ1) is 7.13. The maximum Gasteiger partial charge on any atom is 0.267 e. The van der Waals surface area contributed by atoms with Gasteiger partial charge < -0.3 is 15.2 Å². The first-order valence-electron chi connectivity index (χ1n) is 4.70. The van der Waals surface area contributed by atoms with E-state index in [1.54, 1.807) is 0 Å². The van der Waals surface area contributed by atoms with Crippen LogP contribution in [0.1, 0.15) is 20.8 Å². The smallest absolute Gasteiger partial charge is 0.267 e. The van der Waals surface area contributed by atoms with Crippen LogP contribution in [0.5, 0.6) is 0 Å². The van der Waals surface area contributed by atoms with E-state index in [4.69, 9.17) is 0 Å². The van der Waals surface area contributed by atoms with Gasteiger partial charge in [0, 0.05) is 24.8 Å². The number of likely N-dealkylation sites (N-methyl/N-ethyl adjacent to an activating group) is 1. The summed E-state index contributed by atoms with van der Waals surface area (Å²) in [6, 6.07) is 1.53. The van der Waals surface area contributed by atoms with Gasteiger partial charge >= 0.3 is 0 Å². The van der Waals surface area contributed by atoms with Gasteiger partial charge in [-0.2, -0.15) is 0 Å². The third kappa shape index (κ3) is 3.55. The van der Waals surface area contributed by atoms with E-state index in [2.05, 4.69) is 10.3 Å². The van der Waals surface area contributed by atoms with Gasteiger partial charge in [0.25, 0.3) is 5.91 Å². The van der Waals surface area contributed by atoms with Crippen LogP contribution in [0.4, 0.5) is 0 Å². The van der Waals surface area contributed by atoms with Crippen molar-refractivity contribution in [3.8, 4) is 0 Å². The van der Waals surface area contributed by atoms with Crippen LogP contribution in [0.3, 0.4) is 0 Å². The number of carbonyl (C=O) groups is 2. The molecular weight excluding hydrogens is 194 g/mol. The third-order valence-corrected chi connectivity index (χ3v) is 1.93. The summed E-state index contributed by atoms with van der Waals surface area (Å²) in [7, 11) is 3.87. The Hall–Kier alpha value is -1.62. The largest absolute Gasteiger partial charge is 0.357 e. The molecule has 5 heteroatoms. The molecule has 0 aliphatic heterocycles. The normalized spacial score (nSPS) is 10.3. The molecule has 1 aromatic rings. The van der Waals surface area contributed by atoms with Crippen molar-refractivity contribution < 1.29 is 9.59 Å². The number of aldehydes is 1. The maximum absolute atomic E-state index is 11.5. The maximum atomic E-state index is 11.5. The summed E-state index contributed by atoms with van der Waals surface area (Å²) in [5.41, 5.74) is 0.892. The van der Waals surface area contributed by atoms with E-state index in [1.807, 2.05) is 19.0 Å². The second kappa shape index (κ2) is 5.31. The predicted octanol–water partition coefficient (Wildman–Crippen LogP) is 0.119. The summed E-state index contributed by atoms with van der Waals surface area (Å²) < 4.78 is 0. The highest BCUT2D eigenvalue weighted by Crippen LogP contribution is 1.99. The number of carbonyl (C=O) groups excluding carboxylic acids is 2. The predicted molar refractivity (Wildman–Crippen MR) is 57.1 cm³/mol. The Morgan fingerprint density at radius 3 is 2.87 bits per heavy atom. The molecule has 82 valence electrons. The molecular formula is C10H15N3O2. The molecule has 0 saturated carbocycles. The number of hydrogen-bond acceptors (Lipinski definition) is 3. The summed E-state index contributed by atoms with van der Waals surface area (Å²) in [5.74, 6) is -0.190. The van der Waals surface area contributed by atoms with Crippen LogP contribution >= 0.6 is 0 Å². The number of aromatic amines is 1. The third-order valence-electron chi connectivity index (χ3n) is 1.93. The zero-order valence-corrected chi connectivity index (χ0v) is 8.91. The van der Waals surface area contributed by atoms with Gasteiger partial charge in [0.2, 0.25) is 0 Å². The summed E-state index contributed by atoms with van der Waals surface area (Å²) in [5, 5.41) is 2.74. The van der Waals surface area contributed by atoms with E-state index >= 15 is 0 Å². The molecule has 1 rings (SSSR count). The molecule has 5 nitrogen and oxygen atoms in total. The molecule has 0 aliphatic rings. The number of aromatic nitrogens is 1. The lowest BCUT2D eigenvalue weighted by atomic mass is 10.3. The number of nitrogens with zero attached hydrogens (tertiary/aromatic N) is 1. The Morgan fingerprint density at radius 1 is 1.60 bits per heavy atom. The molecule has 2 N–H and O–H groups in total. The van der Waals surface area contributed by atoms with Crippen LogP contribution in [-0.4, -0.2) is 49.3 Å². The van der Waals surface area contributed by atoms with Crippen LogP contribution in [-0.2, 0) is 0 Å². The fourth-order valence-electron chi connectivity index (χ4n) is 1.10. The van der Waals surface area contributed by atoms with Gasteiger partial charge in [-0.3, -0.25) is 9.59 Å². The number of rotatable bonds is 5. The zero-order chi connectivity index (χ0) is 11.3. The molecule has 0 unspecified atom stereocenters. The first-order valence-corrected chi connectivity index (χ1v) is 4.70. The zero-order valence-electron chi connectivity index (χ0n) is 8.91. The highest BCUT2D eigenvalue weighted by molar-refractivity contribution is 5.94. The molecule has 0 saturated heterocycles. The standard InChI is InChI=1S/C10H15N3O2/c1-13(2)4-3-11-10(15)9-5-8(7-14)6-12-9/h5-7,12H,3-4H2,1-2H3,(H,11,15). The van der Waals surface area contributed by atoms with Crippen LogP contribution in [0.2, 0.25) is 0 Å². The molecule has 1 aromatic heterocycles. The average Bonchev–Trinajstić information content (AvgIpc) is 2.65. The van der Waals surface area contributed by atoms with E-state index in [0.717, 1.165) is 6.54 Å². The Balaban J connectivity index is 2.43. The molecule has 0 spiro atoms. The minimum Gasteiger partial charge on any atom is -0.357 e. The summed E-state index contributed by atoms with van der Waals surface area (Å²) in [4.78, 5) is 26.6. The highest BCUT2D eigenvalue weighted by Gasteiger charge is 2.07. The second-order valence-corrected chi connectivity index (χ2v) is 3.52. The van der Waals surface area contributed by atoms with E-state index in [9.17, 15) is 9.59 Å². The van der Waals surface area contributed by atoms with Crippen LogP contribution in [0.15, 0.2) is 12.3 Å². The van der Waals surface area contributed by atoms with Crippen molar-refractivity contribution in [2.45, 2.75) is 0 Å². The van der Waals surface area contributed by atoms with Crippen LogP contribution in [0.25, 0.3) is 0 Å². The Labute approximate surface area is 88.5 Å². The van der Waals surface area contributed by atoms with Crippen molar-refractivity contribution in [2.24, 2.45) is 0 Å². The highest BCUT2D eigenvalue weighted by atomic mass is 16.1. The fourth-order valence-corrected chi connectivity index (χ4v) is 1.10. The minimum absolute atomic E-state index is 0.190. The van der Waals surface area contributed by atoms with Gasteiger partial charge in [-0.1, -0.05) is 0 Å². The lowest BCUT2D eigenvalue weighted by Crippen LogP contribution is -2.31. The van der Waals surface area contributed by atoms with Crippen molar-refractivity contribution in [1.29, 1.82) is 0 Å². The quantitative estimate of drug-likeness (QED) is 0.677. The van der Waals surface area contributed by atoms with Gasteiger partial charge in [-0.05, 0) is 20.2 Å². The number of hydrogen-bond donors (Lipinski definition) is 2. The van der Waals surface area contributed by atoms with E-state index in [0.29, 0.717) is 24.1 Å². The molecule has 1 amide bonds. The summed E-state index contributed by atoms with van der Waals surface area (Å²) in [6.45, 7) is 1.37. The number of nitrogens with one attached hydrogen (secondary N) is 2. The molecule has 0 aromatic carbocycles. The first kappa shape index (κ1) is 11.5. The van der Waals surface area contributed by atoms with Crippen LogP contribution in [0, 0.1) is 0 Å². The lowest BCUT2D eigenvalue weighted by molar-refractivity contribution is 0.0946. The molecule has 15 heavy (non-hydrogen) atoms. The molecule has 1 heterocycles. The SMILES string of the molecule is CN(C)CCNC(=O)c1cc(C=O)c[nH]1. The van der Waals surface area contributed by atoms with Crippen molar-refractivity contribution >= 4 is 12.2 Å².